The van der Waals surface area contributed by atoms with Crippen LogP contribution in [-0.2, 0) is 20.5 Å². The minimum atomic E-state index is 0.799. The zero-order valence-electron chi connectivity index (χ0n) is 12.3. The van der Waals surface area contributed by atoms with Crippen molar-refractivity contribution >= 4 is 21.9 Å². The number of fused-ring (bicyclic) bond motifs is 3. The van der Waals surface area contributed by atoms with Crippen molar-refractivity contribution in [3.05, 3.63) is 30.4 Å². The molecule has 21 heavy (non-hydrogen) atoms. The molecule has 0 fully saturated rings. The topological polar surface area (TPSA) is 64.3 Å². The summed E-state index contributed by atoms with van der Waals surface area (Å²) >= 11 is 0. The van der Waals surface area contributed by atoms with E-state index < -0.39 is 0 Å². The minimum Gasteiger partial charge on any atom is -0.305 e. The summed E-state index contributed by atoms with van der Waals surface area (Å²) in [6.45, 7) is 2.15. The molecule has 4 rings (SSSR count). The number of H-pyrrole nitrogens is 1. The first-order valence-electron chi connectivity index (χ1n) is 6.99. The second-order valence-electron chi connectivity index (χ2n) is 5.29. The summed E-state index contributed by atoms with van der Waals surface area (Å²) in [4.78, 5) is 9.26. The lowest BCUT2D eigenvalue weighted by atomic mass is 10.1. The first-order chi connectivity index (χ1) is 10.2. The van der Waals surface area contributed by atoms with Crippen LogP contribution in [0.4, 0.5) is 0 Å². The van der Waals surface area contributed by atoms with E-state index in [4.69, 9.17) is 4.98 Å². The van der Waals surface area contributed by atoms with Crippen molar-refractivity contribution in [1.29, 1.82) is 0 Å². The highest BCUT2D eigenvalue weighted by Gasteiger charge is 2.18. The molecule has 0 aliphatic rings. The predicted octanol–water partition coefficient (Wildman–Crippen LogP) is 2.41. The maximum atomic E-state index is 4.75. The van der Waals surface area contributed by atoms with Crippen LogP contribution in [0.2, 0.25) is 0 Å². The van der Waals surface area contributed by atoms with Gasteiger partial charge in [0.2, 0.25) is 0 Å². The molecular weight excluding hydrogens is 264 g/mol. The van der Waals surface area contributed by atoms with E-state index in [2.05, 4.69) is 22.1 Å². The smallest absolute Gasteiger partial charge is 0.162 e. The molecule has 0 aliphatic heterocycles. The number of hydrogen-bond donors (Lipinski definition) is 1. The number of aryl methyl sites for hydroxylation is 3. The fourth-order valence-corrected chi connectivity index (χ4v) is 2.99. The van der Waals surface area contributed by atoms with E-state index >= 15 is 0 Å². The third-order valence-corrected chi connectivity index (χ3v) is 3.95. The molecule has 4 aromatic heterocycles. The Balaban J connectivity index is 2.14. The second-order valence-corrected chi connectivity index (χ2v) is 5.29. The summed E-state index contributed by atoms with van der Waals surface area (Å²) in [5.41, 5.74) is 5.21. The fraction of sp³-hybridized carbons (Fsp3) is 0.267. The Labute approximate surface area is 121 Å². The molecule has 6 nitrogen and oxygen atoms in total. The lowest BCUT2D eigenvalue weighted by molar-refractivity contribution is 0.768. The van der Waals surface area contributed by atoms with Gasteiger partial charge >= 0.3 is 0 Å². The second kappa shape index (κ2) is 4.18. The van der Waals surface area contributed by atoms with Gasteiger partial charge < -0.3 is 5.10 Å². The number of aromatic nitrogens is 6. The van der Waals surface area contributed by atoms with E-state index in [1.165, 1.54) is 5.56 Å². The van der Waals surface area contributed by atoms with Crippen LogP contribution in [0.1, 0.15) is 12.5 Å². The van der Waals surface area contributed by atoms with Crippen LogP contribution in [0, 0.1) is 0 Å². The number of pyridine rings is 1. The molecular formula is C15H16N6. The molecule has 0 unspecified atom stereocenters. The van der Waals surface area contributed by atoms with E-state index in [1.54, 1.807) is 4.68 Å². The van der Waals surface area contributed by atoms with Crippen LogP contribution in [0.15, 0.2) is 24.8 Å². The molecule has 106 valence electrons. The molecule has 0 saturated heterocycles. The zero-order chi connectivity index (χ0) is 14.6. The number of nitrogens with one attached hydrogen (secondary N) is 1. The maximum absolute atomic E-state index is 4.75. The standard InChI is InChI=1S/C15H16N6/c1-4-11-12-14-9(6-18-21(14)3)5-16-15(12)19-13(11)10-7-17-20(2)8-10/h5-8,18H,4H2,1-3H3. The first kappa shape index (κ1) is 12.1. The molecule has 1 N–H and O–H groups in total. The Hall–Kier alpha value is -2.63. The maximum Gasteiger partial charge on any atom is 0.162 e. The molecule has 0 spiro atoms. The molecule has 0 aliphatic carbocycles. The largest absolute Gasteiger partial charge is 0.305 e. The summed E-state index contributed by atoms with van der Waals surface area (Å²) < 4.78 is 3.82. The van der Waals surface area contributed by atoms with Gasteiger partial charge in [0.05, 0.1) is 22.8 Å². The first-order valence-corrected chi connectivity index (χ1v) is 6.99. The Bertz CT molecular complexity index is 955. The SMILES string of the molecule is CCc1c(-c2cnn(C)c2)nc2ncc3c[nH]n(C)c3c12. The van der Waals surface area contributed by atoms with E-state index in [1.807, 2.05) is 43.6 Å². The lowest BCUT2D eigenvalue weighted by Crippen LogP contribution is -1.91. The van der Waals surface area contributed by atoms with Crippen molar-refractivity contribution in [1.82, 2.24) is 29.5 Å². The Morgan fingerprint density at radius 1 is 1.24 bits per heavy atom. The summed E-state index contributed by atoms with van der Waals surface area (Å²) in [6, 6.07) is 0. The summed E-state index contributed by atoms with van der Waals surface area (Å²) in [5, 5.41) is 9.70. The Morgan fingerprint density at radius 2 is 2.10 bits per heavy atom. The third-order valence-electron chi connectivity index (χ3n) is 3.95. The molecule has 6 heteroatoms. The number of hydrogen-bond acceptors (Lipinski definition) is 3. The van der Waals surface area contributed by atoms with Crippen LogP contribution < -0.4 is 0 Å². The van der Waals surface area contributed by atoms with Gasteiger partial charge in [-0.05, 0) is 12.0 Å². The molecule has 0 atom stereocenters. The number of rotatable bonds is 2. The van der Waals surface area contributed by atoms with Crippen molar-refractivity contribution in [2.24, 2.45) is 14.1 Å². The summed E-state index contributed by atoms with van der Waals surface area (Å²) in [5.74, 6) is 0. The molecule has 0 amide bonds. The van der Waals surface area contributed by atoms with Crippen LogP contribution >= 0.6 is 0 Å². The molecule has 4 heterocycles. The number of nitrogens with zero attached hydrogens (tertiary/aromatic N) is 5. The van der Waals surface area contributed by atoms with Crippen molar-refractivity contribution in [3.63, 3.8) is 0 Å². The van der Waals surface area contributed by atoms with E-state index in [0.717, 1.165) is 39.6 Å². The van der Waals surface area contributed by atoms with Gasteiger partial charge in [-0.3, -0.25) is 9.36 Å². The molecule has 0 saturated carbocycles. The van der Waals surface area contributed by atoms with Gasteiger partial charge in [-0.2, -0.15) is 5.10 Å². The molecule has 0 aromatic carbocycles. The van der Waals surface area contributed by atoms with Crippen molar-refractivity contribution < 1.29 is 0 Å². The fourth-order valence-electron chi connectivity index (χ4n) is 2.99. The van der Waals surface area contributed by atoms with E-state index in [-0.39, 0.29) is 0 Å². The van der Waals surface area contributed by atoms with Crippen LogP contribution in [0.25, 0.3) is 33.2 Å². The van der Waals surface area contributed by atoms with Crippen molar-refractivity contribution in [2.45, 2.75) is 13.3 Å². The van der Waals surface area contributed by atoms with E-state index in [0.29, 0.717) is 0 Å². The lowest BCUT2D eigenvalue weighted by Gasteiger charge is -2.01. The minimum absolute atomic E-state index is 0.799. The average Bonchev–Trinajstić information content (AvgIpc) is 3.15. The molecule has 0 bridgehead atoms. The monoisotopic (exact) mass is 280 g/mol. The normalized spacial score (nSPS) is 11.8. The predicted molar refractivity (Wildman–Crippen MR) is 81.9 cm³/mol. The number of aromatic amines is 1. The van der Waals surface area contributed by atoms with Crippen molar-refractivity contribution in [3.8, 4) is 11.3 Å². The highest BCUT2D eigenvalue weighted by Crippen LogP contribution is 2.33. The van der Waals surface area contributed by atoms with Gasteiger partial charge in [-0.25, -0.2) is 9.97 Å². The summed E-state index contributed by atoms with van der Waals surface area (Å²) in [6.07, 6.45) is 8.60. The van der Waals surface area contributed by atoms with Gasteiger partial charge in [-0.15, -0.1) is 0 Å². The van der Waals surface area contributed by atoms with Gasteiger partial charge in [-0.1, -0.05) is 6.92 Å². The average molecular weight is 280 g/mol. The van der Waals surface area contributed by atoms with Crippen molar-refractivity contribution in [2.75, 3.05) is 0 Å². The Kier molecular flexibility index (Phi) is 2.42. The van der Waals surface area contributed by atoms with Crippen LogP contribution in [-0.4, -0.2) is 29.5 Å². The highest BCUT2D eigenvalue weighted by atomic mass is 15.3. The van der Waals surface area contributed by atoms with E-state index in [9.17, 15) is 0 Å². The highest BCUT2D eigenvalue weighted by molar-refractivity contribution is 6.06. The summed E-state index contributed by atoms with van der Waals surface area (Å²) in [7, 11) is 3.93. The van der Waals surface area contributed by atoms with Gasteiger partial charge in [0.15, 0.2) is 5.65 Å². The molecule has 0 radical (unpaired) electrons. The van der Waals surface area contributed by atoms with Gasteiger partial charge in [0.1, 0.15) is 0 Å². The van der Waals surface area contributed by atoms with Crippen LogP contribution in [0.3, 0.4) is 0 Å². The zero-order valence-corrected chi connectivity index (χ0v) is 12.3. The third kappa shape index (κ3) is 1.62. The van der Waals surface area contributed by atoms with Gasteiger partial charge in [0, 0.05) is 43.6 Å². The van der Waals surface area contributed by atoms with Gasteiger partial charge in [0.25, 0.3) is 0 Å². The Morgan fingerprint density at radius 3 is 2.81 bits per heavy atom. The molecule has 4 aromatic rings. The van der Waals surface area contributed by atoms with Crippen LogP contribution in [0.5, 0.6) is 0 Å². The quantitative estimate of drug-likeness (QED) is 0.613.